The topological polar surface area (TPSA) is 44.5 Å². The Kier molecular flexibility index (Phi) is 5.61. The molecule has 2 N–H and O–H groups in total. The van der Waals surface area contributed by atoms with Crippen LogP contribution in [0.4, 0.5) is 4.39 Å². The van der Waals surface area contributed by atoms with Gasteiger partial charge < -0.3 is 15.2 Å². The molecule has 0 spiro atoms. The fraction of sp³-hybridized carbons (Fsp3) is 0.200. The van der Waals surface area contributed by atoms with Crippen molar-refractivity contribution in [3.05, 3.63) is 50.7 Å². The van der Waals surface area contributed by atoms with Crippen LogP contribution in [0, 0.1) is 5.82 Å². The average Bonchev–Trinajstić information content (AvgIpc) is 2.45. The second-order valence-corrected chi connectivity index (χ2v) is 6.02. The van der Waals surface area contributed by atoms with E-state index in [4.69, 9.17) is 15.2 Å². The molecular weight excluding hydrogens is 405 g/mol. The lowest BCUT2D eigenvalue weighted by molar-refractivity contribution is 0.409. The van der Waals surface area contributed by atoms with E-state index in [1.165, 1.54) is 12.1 Å². The van der Waals surface area contributed by atoms with Crippen LogP contribution in [-0.4, -0.2) is 13.7 Å². The maximum atomic E-state index is 13.3. The molecule has 0 aromatic heterocycles. The van der Waals surface area contributed by atoms with Crippen molar-refractivity contribution in [3.8, 4) is 17.2 Å². The average molecular weight is 419 g/mol. The molecule has 0 radical (unpaired) electrons. The number of ether oxygens (including phenoxy) is 2. The first-order valence-corrected chi connectivity index (χ1v) is 7.83. The van der Waals surface area contributed by atoms with Crippen LogP contribution in [0.1, 0.15) is 5.56 Å². The summed E-state index contributed by atoms with van der Waals surface area (Å²) in [5.74, 6) is 1.57. The van der Waals surface area contributed by atoms with Crippen molar-refractivity contribution < 1.29 is 13.9 Å². The summed E-state index contributed by atoms with van der Waals surface area (Å²) in [5.41, 5.74) is 6.29. The first-order chi connectivity index (χ1) is 10.0. The largest absolute Gasteiger partial charge is 0.496 e. The Bertz CT molecular complexity index is 650. The molecule has 0 bridgehead atoms. The van der Waals surface area contributed by atoms with Gasteiger partial charge in [0.15, 0.2) is 0 Å². The second-order valence-electron chi connectivity index (χ2n) is 4.31. The van der Waals surface area contributed by atoms with Gasteiger partial charge >= 0.3 is 0 Å². The Morgan fingerprint density at radius 2 is 1.71 bits per heavy atom. The molecule has 6 heteroatoms. The summed E-state index contributed by atoms with van der Waals surface area (Å²) in [5, 5.41) is 0. The molecule has 0 heterocycles. The Labute approximate surface area is 139 Å². The minimum Gasteiger partial charge on any atom is -0.496 e. The molecule has 0 amide bonds. The summed E-state index contributed by atoms with van der Waals surface area (Å²) in [6, 6.07) is 7.99. The highest BCUT2D eigenvalue weighted by Gasteiger charge is 2.12. The molecule has 0 fully saturated rings. The normalized spacial score (nSPS) is 10.5. The second kappa shape index (κ2) is 7.24. The number of hydrogen-bond acceptors (Lipinski definition) is 3. The predicted molar refractivity (Wildman–Crippen MR) is 87.6 cm³/mol. The molecule has 0 aliphatic carbocycles. The number of rotatable bonds is 5. The van der Waals surface area contributed by atoms with Crippen LogP contribution in [0.3, 0.4) is 0 Å². The minimum atomic E-state index is -0.305. The Morgan fingerprint density at radius 3 is 2.38 bits per heavy atom. The summed E-state index contributed by atoms with van der Waals surface area (Å²) in [7, 11) is 1.59. The van der Waals surface area contributed by atoms with Crippen molar-refractivity contribution in [2.45, 2.75) is 6.42 Å². The van der Waals surface area contributed by atoms with Crippen LogP contribution < -0.4 is 15.2 Å². The highest BCUT2D eigenvalue weighted by molar-refractivity contribution is 9.11. The molecular formula is C15H14Br2FNO2. The third-order valence-electron chi connectivity index (χ3n) is 2.86. The van der Waals surface area contributed by atoms with E-state index in [9.17, 15) is 4.39 Å². The zero-order valence-electron chi connectivity index (χ0n) is 11.3. The van der Waals surface area contributed by atoms with Crippen molar-refractivity contribution in [2.24, 2.45) is 5.73 Å². The van der Waals surface area contributed by atoms with Crippen molar-refractivity contribution in [1.82, 2.24) is 0 Å². The van der Waals surface area contributed by atoms with Crippen molar-refractivity contribution in [1.29, 1.82) is 0 Å². The van der Waals surface area contributed by atoms with Crippen LogP contribution in [0.25, 0.3) is 0 Å². The fourth-order valence-corrected chi connectivity index (χ4v) is 2.75. The van der Waals surface area contributed by atoms with E-state index in [1.807, 2.05) is 0 Å². The molecule has 2 aromatic rings. The van der Waals surface area contributed by atoms with Crippen LogP contribution in [0.15, 0.2) is 39.3 Å². The first kappa shape index (κ1) is 16.3. The zero-order valence-corrected chi connectivity index (χ0v) is 14.5. The summed E-state index contributed by atoms with van der Waals surface area (Å²) in [6.07, 6.45) is 0.544. The van der Waals surface area contributed by atoms with Gasteiger partial charge in [-0.3, -0.25) is 0 Å². The van der Waals surface area contributed by atoms with E-state index in [-0.39, 0.29) is 5.82 Å². The van der Waals surface area contributed by atoms with Gasteiger partial charge in [0.1, 0.15) is 23.1 Å². The maximum absolute atomic E-state index is 13.3. The lowest BCUT2D eigenvalue weighted by Gasteiger charge is -2.14. The molecule has 112 valence electrons. The van der Waals surface area contributed by atoms with E-state index >= 15 is 0 Å². The number of methoxy groups -OCH3 is 1. The summed E-state index contributed by atoms with van der Waals surface area (Å²) in [6.45, 7) is 0.424. The summed E-state index contributed by atoms with van der Waals surface area (Å²) >= 11 is 6.84. The minimum absolute atomic E-state index is 0.305. The zero-order chi connectivity index (χ0) is 15.4. The van der Waals surface area contributed by atoms with Gasteiger partial charge in [0.2, 0.25) is 0 Å². The lowest BCUT2D eigenvalue weighted by atomic mass is 10.1. The molecule has 0 atom stereocenters. The van der Waals surface area contributed by atoms with Gasteiger partial charge in [0.25, 0.3) is 0 Å². The quantitative estimate of drug-likeness (QED) is 0.768. The van der Waals surface area contributed by atoms with Crippen LogP contribution >= 0.6 is 31.9 Å². The summed E-state index contributed by atoms with van der Waals surface area (Å²) in [4.78, 5) is 0. The molecule has 21 heavy (non-hydrogen) atoms. The van der Waals surface area contributed by atoms with E-state index < -0.39 is 0 Å². The molecule has 3 nitrogen and oxygen atoms in total. The summed E-state index contributed by atoms with van der Waals surface area (Å²) < 4.78 is 25.9. The Morgan fingerprint density at radius 1 is 1.05 bits per heavy atom. The number of hydrogen-bond donors (Lipinski definition) is 1. The highest BCUT2D eigenvalue weighted by atomic mass is 79.9. The Balaban J connectivity index is 2.36. The van der Waals surface area contributed by atoms with Gasteiger partial charge in [-0.05, 0) is 80.7 Å². The van der Waals surface area contributed by atoms with E-state index in [0.717, 1.165) is 14.5 Å². The van der Waals surface area contributed by atoms with Crippen molar-refractivity contribution >= 4 is 31.9 Å². The fourth-order valence-electron chi connectivity index (χ4n) is 1.86. The van der Waals surface area contributed by atoms with E-state index in [2.05, 4.69) is 31.9 Å². The predicted octanol–water partition coefficient (Wildman–Crippen LogP) is 4.65. The maximum Gasteiger partial charge on any atom is 0.143 e. The van der Waals surface area contributed by atoms with E-state index in [0.29, 0.717) is 30.2 Å². The Hall–Kier alpha value is -1.11. The number of benzene rings is 2. The lowest BCUT2D eigenvalue weighted by Crippen LogP contribution is -2.04. The molecule has 0 aliphatic heterocycles. The monoisotopic (exact) mass is 417 g/mol. The van der Waals surface area contributed by atoms with Gasteiger partial charge in [-0.15, -0.1) is 0 Å². The first-order valence-electron chi connectivity index (χ1n) is 6.24. The standard InChI is InChI=1S/C15H14Br2FNO2/c1-20-14-7-12(17)15(8-11(14)16)21-13-3-2-10(18)6-9(13)4-5-19/h2-3,6-8H,4-5,19H2,1H3. The van der Waals surface area contributed by atoms with Crippen LogP contribution in [0.5, 0.6) is 17.2 Å². The van der Waals surface area contributed by atoms with Crippen LogP contribution in [-0.2, 0) is 6.42 Å². The SMILES string of the molecule is COc1cc(Br)c(Oc2ccc(F)cc2CCN)cc1Br. The van der Waals surface area contributed by atoms with Gasteiger partial charge in [-0.25, -0.2) is 4.39 Å². The smallest absolute Gasteiger partial charge is 0.143 e. The molecule has 2 rings (SSSR count). The highest BCUT2D eigenvalue weighted by Crippen LogP contribution is 2.38. The molecule has 0 saturated carbocycles. The van der Waals surface area contributed by atoms with Gasteiger partial charge in [-0.2, -0.15) is 0 Å². The molecule has 0 saturated heterocycles. The number of halogens is 3. The van der Waals surface area contributed by atoms with E-state index in [1.54, 1.807) is 25.3 Å². The van der Waals surface area contributed by atoms with Crippen molar-refractivity contribution in [3.63, 3.8) is 0 Å². The van der Waals surface area contributed by atoms with Gasteiger partial charge in [0.05, 0.1) is 16.1 Å². The third kappa shape index (κ3) is 3.96. The third-order valence-corrected chi connectivity index (χ3v) is 4.10. The molecule has 0 unspecified atom stereocenters. The molecule has 0 aliphatic rings. The van der Waals surface area contributed by atoms with Gasteiger partial charge in [0, 0.05) is 0 Å². The van der Waals surface area contributed by atoms with Crippen molar-refractivity contribution in [2.75, 3.05) is 13.7 Å². The molecule has 2 aromatic carbocycles. The number of nitrogens with two attached hydrogens (primary N) is 1. The van der Waals surface area contributed by atoms with Crippen LogP contribution in [0.2, 0.25) is 0 Å². The van der Waals surface area contributed by atoms with Gasteiger partial charge in [-0.1, -0.05) is 0 Å².